The van der Waals surface area contributed by atoms with Gasteiger partial charge in [-0.1, -0.05) is 0 Å². The Morgan fingerprint density at radius 1 is 0.292 bits per heavy atom. The van der Waals surface area contributed by atoms with Crippen molar-refractivity contribution < 1.29 is 0 Å². The summed E-state index contributed by atoms with van der Waals surface area (Å²) in [5.41, 5.74) is 0. The molecule has 0 aromatic rings. The first kappa shape index (κ1) is 17.5. The lowest BCUT2D eigenvalue weighted by molar-refractivity contribution is 0.591. The van der Waals surface area contributed by atoms with Gasteiger partial charge in [0.2, 0.25) is 0 Å². The van der Waals surface area contributed by atoms with Crippen LogP contribution in [0, 0.1) is 0 Å². The first-order valence-electron chi connectivity index (χ1n) is 10.4. The van der Waals surface area contributed by atoms with Crippen LogP contribution in [0.4, 0.5) is 0 Å². The lowest BCUT2D eigenvalue weighted by atomic mass is 10.0. The van der Waals surface area contributed by atoms with Crippen molar-refractivity contribution in [3.8, 4) is 0 Å². The minimum atomic E-state index is 1.01. The first-order chi connectivity index (χ1) is 11.8. The van der Waals surface area contributed by atoms with Crippen molar-refractivity contribution in [1.82, 2.24) is 0 Å². The van der Waals surface area contributed by atoms with Gasteiger partial charge in [0, 0.05) is 42.0 Å². The van der Waals surface area contributed by atoms with E-state index in [9.17, 15) is 0 Å². The van der Waals surface area contributed by atoms with E-state index in [2.05, 4.69) is 47.0 Å². The largest absolute Gasteiger partial charge is 0.155 e. The summed E-state index contributed by atoms with van der Waals surface area (Å²) in [6, 6.07) is 0. The molecule has 8 atom stereocenters. The predicted molar refractivity (Wildman–Crippen MR) is 116 cm³/mol. The van der Waals surface area contributed by atoms with Gasteiger partial charge in [-0.2, -0.15) is 47.0 Å². The minimum absolute atomic E-state index is 1.01. The van der Waals surface area contributed by atoms with Gasteiger partial charge < -0.3 is 0 Å². The van der Waals surface area contributed by atoms with Crippen molar-refractivity contribution >= 4 is 47.0 Å². The Labute approximate surface area is 165 Å². The molecular weight excluding hydrogens is 368 g/mol. The molecule has 5 saturated heterocycles. The molecule has 0 nitrogen and oxygen atoms in total. The number of thioether (sulfide) groups is 4. The van der Waals surface area contributed by atoms with Crippen LogP contribution in [0.5, 0.6) is 0 Å². The smallest absolute Gasteiger partial charge is 0.00607 e. The van der Waals surface area contributed by atoms with Gasteiger partial charge in [0.25, 0.3) is 0 Å². The van der Waals surface area contributed by atoms with Crippen LogP contribution >= 0.6 is 47.0 Å². The molecule has 5 aliphatic heterocycles. The molecule has 0 aromatic carbocycles. The molecule has 8 bridgehead atoms. The minimum Gasteiger partial charge on any atom is -0.155 e. The Balaban J connectivity index is 1.27. The molecule has 0 aliphatic carbocycles. The second-order valence-electron chi connectivity index (χ2n) is 8.77. The summed E-state index contributed by atoms with van der Waals surface area (Å²) in [6.07, 6.45) is 18.3. The molecule has 8 unspecified atom stereocenters. The van der Waals surface area contributed by atoms with Crippen LogP contribution in [0.1, 0.15) is 77.0 Å². The SMILES string of the molecule is C1CC2CC3CCC(CC4CCC(CC5CCC(CC1S2)S5)S4)S3. The van der Waals surface area contributed by atoms with Crippen molar-refractivity contribution in [3.63, 3.8) is 0 Å². The van der Waals surface area contributed by atoms with Gasteiger partial charge in [0.15, 0.2) is 0 Å². The highest BCUT2D eigenvalue weighted by Crippen LogP contribution is 2.50. The summed E-state index contributed by atoms with van der Waals surface area (Å²) in [7, 11) is 0. The summed E-state index contributed by atoms with van der Waals surface area (Å²) in [6.45, 7) is 0. The Morgan fingerprint density at radius 3 is 0.625 bits per heavy atom. The van der Waals surface area contributed by atoms with Crippen molar-refractivity contribution in [3.05, 3.63) is 0 Å². The van der Waals surface area contributed by atoms with E-state index in [0.29, 0.717) is 0 Å². The van der Waals surface area contributed by atoms with E-state index in [1.807, 2.05) is 0 Å². The van der Waals surface area contributed by atoms with Gasteiger partial charge >= 0.3 is 0 Å². The van der Waals surface area contributed by atoms with E-state index in [0.717, 1.165) is 42.0 Å². The predicted octanol–water partition coefficient (Wildman–Crippen LogP) is 6.62. The van der Waals surface area contributed by atoms with Crippen LogP contribution in [0.25, 0.3) is 0 Å². The monoisotopic (exact) mass is 400 g/mol. The zero-order valence-corrected chi connectivity index (χ0v) is 18.0. The maximum atomic E-state index is 2.40. The number of hydrogen-bond acceptors (Lipinski definition) is 4. The van der Waals surface area contributed by atoms with Gasteiger partial charge in [0.05, 0.1) is 0 Å². The van der Waals surface area contributed by atoms with Crippen LogP contribution < -0.4 is 0 Å². The van der Waals surface area contributed by atoms with E-state index < -0.39 is 0 Å². The van der Waals surface area contributed by atoms with Crippen molar-refractivity contribution in [2.24, 2.45) is 0 Å². The third-order valence-electron chi connectivity index (χ3n) is 6.89. The van der Waals surface area contributed by atoms with Crippen molar-refractivity contribution in [2.45, 2.75) is 119 Å². The molecule has 0 radical (unpaired) electrons. The first-order valence-corrected chi connectivity index (χ1v) is 14.2. The summed E-state index contributed by atoms with van der Waals surface area (Å²) in [5, 5.41) is 8.05. The average molecular weight is 401 g/mol. The molecular formula is C20H32S4. The molecule has 5 fully saturated rings. The highest BCUT2D eigenvalue weighted by molar-refractivity contribution is 8.02. The fraction of sp³-hybridized carbons (Fsp3) is 1.00. The third-order valence-corrected chi connectivity index (χ3v) is 13.4. The highest BCUT2D eigenvalue weighted by atomic mass is 32.2. The summed E-state index contributed by atoms with van der Waals surface area (Å²) >= 11 is 9.62. The van der Waals surface area contributed by atoms with Gasteiger partial charge in [-0.25, -0.2) is 0 Å². The molecule has 5 rings (SSSR count). The lowest BCUT2D eigenvalue weighted by Gasteiger charge is -2.20. The molecule has 0 amide bonds. The molecule has 0 saturated carbocycles. The second-order valence-corrected chi connectivity index (χ2v) is 15.2. The van der Waals surface area contributed by atoms with E-state index in [1.165, 1.54) is 77.0 Å². The molecule has 5 heterocycles. The molecule has 0 spiro atoms. The lowest BCUT2D eigenvalue weighted by Crippen LogP contribution is -2.12. The average Bonchev–Trinajstić information content (AvgIpc) is 3.32. The van der Waals surface area contributed by atoms with Gasteiger partial charge in [-0.15, -0.1) is 0 Å². The molecule has 24 heavy (non-hydrogen) atoms. The van der Waals surface area contributed by atoms with E-state index >= 15 is 0 Å². The summed E-state index contributed by atoms with van der Waals surface area (Å²) in [5.74, 6) is 0. The summed E-state index contributed by atoms with van der Waals surface area (Å²) < 4.78 is 0. The van der Waals surface area contributed by atoms with Gasteiger partial charge in [-0.3, -0.25) is 0 Å². The molecule has 136 valence electrons. The van der Waals surface area contributed by atoms with Crippen LogP contribution in [0.2, 0.25) is 0 Å². The number of hydrogen-bond donors (Lipinski definition) is 0. The maximum absolute atomic E-state index is 2.40. The van der Waals surface area contributed by atoms with Crippen LogP contribution in [-0.2, 0) is 0 Å². The molecule has 4 heteroatoms. The quantitative estimate of drug-likeness (QED) is 0.448. The van der Waals surface area contributed by atoms with E-state index in [4.69, 9.17) is 0 Å². The fourth-order valence-electron chi connectivity index (χ4n) is 5.68. The normalized spacial score (nSPS) is 52.0. The third kappa shape index (κ3) is 4.12. The van der Waals surface area contributed by atoms with Crippen LogP contribution in [0.15, 0.2) is 0 Å². The fourth-order valence-corrected chi connectivity index (χ4v) is 13.3. The van der Waals surface area contributed by atoms with E-state index in [1.54, 1.807) is 0 Å². The van der Waals surface area contributed by atoms with Crippen LogP contribution in [-0.4, -0.2) is 42.0 Å². The number of rotatable bonds is 0. The topological polar surface area (TPSA) is 0 Å². The molecule has 0 aromatic heterocycles. The standard InChI is InChI=1S/C20H32S4/c1-2-14-10-16-5-6-18(23-16)12-20-8-7-19(24-20)11-17-4-3-15(22-17)9-13(1)21-14/h13-20H,1-12H2. The molecule has 5 aliphatic rings. The van der Waals surface area contributed by atoms with Crippen molar-refractivity contribution in [1.29, 1.82) is 0 Å². The Morgan fingerprint density at radius 2 is 0.458 bits per heavy atom. The zero-order chi connectivity index (χ0) is 15.9. The number of fused-ring (bicyclic) bond motifs is 8. The van der Waals surface area contributed by atoms with E-state index in [-0.39, 0.29) is 0 Å². The summed E-state index contributed by atoms with van der Waals surface area (Å²) in [4.78, 5) is 0. The Kier molecular flexibility index (Phi) is 5.68. The van der Waals surface area contributed by atoms with Gasteiger partial charge in [-0.05, 0) is 77.0 Å². The molecule has 0 N–H and O–H groups in total. The van der Waals surface area contributed by atoms with Crippen molar-refractivity contribution in [2.75, 3.05) is 0 Å². The highest BCUT2D eigenvalue weighted by Gasteiger charge is 2.38. The van der Waals surface area contributed by atoms with Gasteiger partial charge in [0.1, 0.15) is 0 Å². The zero-order valence-electron chi connectivity index (χ0n) is 14.7. The Hall–Kier alpha value is 1.40. The van der Waals surface area contributed by atoms with Crippen LogP contribution in [0.3, 0.4) is 0 Å². The maximum Gasteiger partial charge on any atom is 0.00607 e. The Bertz CT molecular complexity index is 329. The second kappa shape index (κ2) is 7.80.